The number of aromatic nitrogens is 1. The van der Waals surface area contributed by atoms with Gasteiger partial charge in [0.1, 0.15) is 5.69 Å². The predicted molar refractivity (Wildman–Crippen MR) is 75.7 cm³/mol. The van der Waals surface area contributed by atoms with Gasteiger partial charge in [-0.3, -0.25) is 9.59 Å². The molecule has 1 heterocycles. The summed E-state index contributed by atoms with van der Waals surface area (Å²) in [6.07, 6.45) is 3.94. The van der Waals surface area contributed by atoms with Crippen molar-refractivity contribution >= 4 is 24.1 Å². The molecule has 1 aliphatic rings. The number of nitrogens with two attached hydrogens (primary N) is 1. The van der Waals surface area contributed by atoms with Crippen LogP contribution < -0.4 is 11.1 Å². The Morgan fingerprint density at radius 3 is 2.58 bits per heavy atom. The highest BCUT2D eigenvalue weighted by atomic mass is 35.5. The Hall–Kier alpha value is -1.33. The normalized spacial score (nSPS) is 15.5. The minimum Gasteiger partial charge on any atom is -0.346 e. The second-order valence-corrected chi connectivity index (χ2v) is 4.93. The van der Waals surface area contributed by atoms with Crippen molar-refractivity contribution < 1.29 is 9.59 Å². The first-order valence-corrected chi connectivity index (χ1v) is 6.21. The van der Waals surface area contributed by atoms with E-state index in [4.69, 9.17) is 5.73 Å². The van der Waals surface area contributed by atoms with Gasteiger partial charge in [-0.15, -0.1) is 12.4 Å². The van der Waals surface area contributed by atoms with E-state index in [1.807, 2.05) is 0 Å². The fourth-order valence-electron chi connectivity index (χ4n) is 2.09. The van der Waals surface area contributed by atoms with Gasteiger partial charge in [-0.05, 0) is 31.7 Å². The molecule has 0 spiro atoms. The SMILES string of the molecule is CC(=O)c1cc(C(=O)NC(CN)C2CC2)n(C)c1.Cl. The Kier molecular flexibility index (Phi) is 5.14. The van der Waals surface area contributed by atoms with E-state index >= 15 is 0 Å². The highest BCUT2D eigenvalue weighted by Gasteiger charge is 2.31. The van der Waals surface area contributed by atoms with Gasteiger partial charge in [0.15, 0.2) is 5.78 Å². The number of nitrogens with one attached hydrogen (secondary N) is 1. The highest BCUT2D eigenvalue weighted by molar-refractivity contribution is 5.99. The summed E-state index contributed by atoms with van der Waals surface area (Å²) in [5.41, 5.74) is 6.71. The van der Waals surface area contributed by atoms with E-state index < -0.39 is 0 Å². The molecule has 3 N–H and O–H groups in total. The van der Waals surface area contributed by atoms with Crippen molar-refractivity contribution in [2.24, 2.45) is 18.7 Å². The summed E-state index contributed by atoms with van der Waals surface area (Å²) in [7, 11) is 1.76. The number of halogens is 1. The molecule has 1 aromatic heterocycles. The summed E-state index contributed by atoms with van der Waals surface area (Å²) >= 11 is 0. The van der Waals surface area contributed by atoms with Crippen LogP contribution in [-0.4, -0.2) is 28.8 Å². The summed E-state index contributed by atoms with van der Waals surface area (Å²) in [6, 6.07) is 1.67. The Labute approximate surface area is 118 Å². The van der Waals surface area contributed by atoms with Gasteiger partial charge in [0.05, 0.1) is 0 Å². The van der Waals surface area contributed by atoms with E-state index in [0.29, 0.717) is 23.7 Å². The van der Waals surface area contributed by atoms with Gasteiger partial charge in [0.2, 0.25) is 0 Å². The zero-order chi connectivity index (χ0) is 13.3. The second kappa shape index (κ2) is 6.21. The number of hydrogen-bond donors (Lipinski definition) is 2. The molecule has 1 fully saturated rings. The molecule has 1 aromatic rings. The zero-order valence-electron chi connectivity index (χ0n) is 11.2. The number of carbonyl (C=O) groups is 2. The first-order chi connectivity index (χ1) is 8.52. The number of Topliss-reactive ketones (excluding diaryl/α,β-unsaturated/α-hetero) is 1. The maximum absolute atomic E-state index is 12.1. The van der Waals surface area contributed by atoms with Crippen molar-refractivity contribution in [2.75, 3.05) is 6.54 Å². The molecule has 1 atom stereocenters. The molecule has 0 bridgehead atoms. The Bertz CT molecular complexity index is 480. The lowest BCUT2D eigenvalue weighted by Gasteiger charge is -2.16. The molecule has 1 amide bonds. The average Bonchev–Trinajstić information content (AvgIpc) is 3.08. The molecule has 1 unspecified atom stereocenters. The number of ketones is 1. The maximum atomic E-state index is 12.1. The molecule has 0 radical (unpaired) electrons. The van der Waals surface area contributed by atoms with E-state index in [1.165, 1.54) is 6.92 Å². The zero-order valence-corrected chi connectivity index (χ0v) is 12.0. The standard InChI is InChI=1S/C13H19N3O2.ClH/c1-8(17)10-5-12(16(2)7-10)13(18)15-11(6-14)9-3-4-9;/h5,7,9,11H,3-4,6,14H2,1-2H3,(H,15,18);1H. The van der Waals surface area contributed by atoms with Crippen LogP contribution in [0.3, 0.4) is 0 Å². The van der Waals surface area contributed by atoms with Crippen LogP contribution in [0.2, 0.25) is 0 Å². The predicted octanol–water partition coefficient (Wildman–Crippen LogP) is 1.12. The van der Waals surface area contributed by atoms with Crippen LogP contribution in [0.15, 0.2) is 12.3 Å². The van der Waals surface area contributed by atoms with Gasteiger partial charge in [0, 0.05) is 31.4 Å². The highest BCUT2D eigenvalue weighted by Crippen LogP contribution is 2.32. The largest absolute Gasteiger partial charge is 0.346 e. The van der Waals surface area contributed by atoms with E-state index in [-0.39, 0.29) is 30.1 Å². The van der Waals surface area contributed by atoms with Crippen molar-refractivity contribution in [3.8, 4) is 0 Å². The maximum Gasteiger partial charge on any atom is 0.268 e. The molecular formula is C13H20ClN3O2. The lowest BCUT2D eigenvalue weighted by Crippen LogP contribution is -2.42. The average molecular weight is 286 g/mol. The van der Waals surface area contributed by atoms with E-state index in [0.717, 1.165) is 12.8 Å². The third kappa shape index (κ3) is 3.58. The summed E-state index contributed by atoms with van der Waals surface area (Å²) in [6.45, 7) is 1.95. The van der Waals surface area contributed by atoms with Gasteiger partial charge >= 0.3 is 0 Å². The van der Waals surface area contributed by atoms with Crippen LogP contribution in [0, 0.1) is 5.92 Å². The molecule has 2 rings (SSSR count). The smallest absolute Gasteiger partial charge is 0.268 e. The fourth-order valence-corrected chi connectivity index (χ4v) is 2.09. The number of rotatable bonds is 5. The number of nitrogens with zero attached hydrogens (tertiary/aromatic N) is 1. The van der Waals surface area contributed by atoms with E-state index in [9.17, 15) is 9.59 Å². The molecule has 5 nitrogen and oxygen atoms in total. The minimum absolute atomic E-state index is 0. The molecular weight excluding hydrogens is 266 g/mol. The number of amides is 1. The van der Waals surface area contributed by atoms with Crippen LogP contribution >= 0.6 is 12.4 Å². The number of aryl methyl sites for hydroxylation is 1. The minimum atomic E-state index is -0.160. The van der Waals surface area contributed by atoms with Crippen molar-refractivity contribution in [3.63, 3.8) is 0 Å². The number of carbonyl (C=O) groups excluding carboxylic acids is 2. The first kappa shape index (κ1) is 15.7. The first-order valence-electron chi connectivity index (χ1n) is 6.21. The summed E-state index contributed by atoms with van der Waals surface area (Å²) in [5, 5.41) is 2.94. The summed E-state index contributed by atoms with van der Waals surface area (Å²) in [4.78, 5) is 23.4. The third-order valence-corrected chi connectivity index (χ3v) is 3.41. The monoisotopic (exact) mass is 285 g/mol. The van der Waals surface area contributed by atoms with Crippen LogP contribution in [0.1, 0.15) is 40.6 Å². The van der Waals surface area contributed by atoms with Crippen molar-refractivity contribution in [3.05, 3.63) is 23.5 Å². The van der Waals surface area contributed by atoms with Crippen LogP contribution in [0.25, 0.3) is 0 Å². The molecule has 1 aliphatic carbocycles. The Morgan fingerprint density at radius 2 is 2.16 bits per heavy atom. The summed E-state index contributed by atoms with van der Waals surface area (Å²) in [5.74, 6) is 0.320. The lowest BCUT2D eigenvalue weighted by molar-refractivity contribution is 0.0925. The van der Waals surface area contributed by atoms with E-state index in [2.05, 4.69) is 5.32 Å². The van der Waals surface area contributed by atoms with Crippen molar-refractivity contribution in [1.29, 1.82) is 0 Å². The molecule has 19 heavy (non-hydrogen) atoms. The van der Waals surface area contributed by atoms with Gasteiger partial charge < -0.3 is 15.6 Å². The Morgan fingerprint density at radius 1 is 1.53 bits per heavy atom. The summed E-state index contributed by atoms with van der Waals surface area (Å²) < 4.78 is 1.67. The molecule has 6 heteroatoms. The fraction of sp³-hybridized carbons (Fsp3) is 0.538. The topological polar surface area (TPSA) is 77.1 Å². The van der Waals surface area contributed by atoms with Gasteiger partial charge in [0.25, 0.3) is 5.91 Å². The molecule has 0 aliphatic heterocycles. The molecule has 106 valence electrons. The van der Waals surface area contributed by atoms with Crippen LogP contribution in [0.4, 0.5) is 0 Å². The van der Waals surface area contributed by atoms with E-state index in [1.54, 1.807) is 23.9 Å². The van der Waals surface area contributed by atoms with Gasteiger partial charge in [-0.25, -0.2) is 0 Å². The molecule has 0 aromatic carbocycles. The third-order valence-electron chi connectivity index (χ3n) is 3.41. The van der Waals surface area contributed by atoms with Crippen LogP contribution in [-0.2, 0) is 7.05 Å². The quantitative estimate of drug-likeness (QED) is 0.796. The molecule has 1 saturated carbocycles. The van der Waals surface area contributed by atoms with Gasteiger partial charge in [-0.2, -0.15) is 0 Å². The van der Waals surface area contributed by atoms with Crippen molar-refractivity contribution in [1.82, 2.24) is 9.88 Å². The second-order valence-electron chi connectivity index (χ2n) is 4.93. The lowest BCUT2D eigenvalue weighted by atomic mass is 10.2. The Balaban J connectivity index is 0.00000180. The molecule has 0 saturated heterocycles. The van der Waals surface area contributed by atoms with Crippen LogP contribution in [0.5, 0.6) is 0 Å². The van der Waals surface area contributed by atoms with Crippen molar-refractivity contribution in [2.45, 2.75) is 25.8 Å². The number of hydrogen-bond acceptors (Lipinski definition) is 3. The van der Waals surface area contributed by atoms with Gasteiger partial charge in [-0.1, -0.05) is 0 Å².